The third kappa shape index (κ3) is 3.76. The fourth-order valence-electron chi connectivity index (χ4n) is 5.32. The molecule has 2 aromatic heterocycles. The summed E-state index contributed by atoms with van der Waals surface area (Å²) < 4.78 is 2.31. The van der Waals surface area contributed by atoms with Crippen LogP contribution in [0.15, 0.2) is 65.7 Å². The van der Waals surface area contributed by atoms with E-state index in [1.54, 1.807) is 10.9 Å². The molecule has 5 nitrogen and oxygen atoms in total. The Bertz CT molecular complexity index is 1380. The molecule has 4 heterocycles. The number of likely N-dealkylation sites (tertiary alicyclic amines) is 1. The van der Waals surface area contributed by atoms with Crippen LogP contribution in [-0.2, 0) is 0 Å². The minimum Gasteiger partial charge on any atom is -0.371 e. The summed E-state index contributed by atoms with van der Waals surface area (Å²) in [6.45, 7) is 4.62. The van der Waals surface area contributed by atoms with Gasteiger partial charge >= 0.3 is 0 Å². The molecule has 0 radical (unpaired) electrons. The molecule has 1 spiro atoms. The van der Waals surface area contributed by atoms with Gasteiger partial charge in [0.25, 0.3) is 5.56 Å². The lowest BCUT2D eigenvalue weighted by Gasteiger charge is -2.25. The fraction of sp³-hybridized carbons (Fsp3) is 0.308. The van der Waals surface area contributed by atoms with Crippen molar-refractivity contribution in [3.05, 3.63) is 76.3 Å². The van der Waals surface area contributed by atoms with Crippen molar-refractivity contribution in [1.29, 1.82) is 0 Å². The largest absolute Gasteiger partial charge is 0.371 e. The van der Waals surface area contributed by atoms with E-state index in [-0.39, 0.29) is 5.56 Å². The second kappa shape index (κ2) is 7.97. The van der Waals surface area contributed by atoms with Crippen molar-refractivity contribution in [2.24, 2.45) is 5.41 Å². The molecule has 2 aliphatic rings. The molecule has 7 heteroatoms. The van der Waals surface area contributed by atoms with Crippen LogP contribution in [0.25, 0.3) is 26.3 Å². The van der Waals surface area contributed by atoms with Crippen LogP contribution in [0.1, 0.15) is 12.8 Å². The Kier molecular flexibility index (Phi) is 5.05. The minimum atomic E-state index is -0.0351. The number of benzene rings is 2. The van der Waals surface area contributed by atoms with E-state index in [9.17, 15) is 4.79 Å². The SMILES string of the molecule is CN1CCC2(CCN(c3ccc(-n4cnc5cc(-c6ccc(Cl)cc6)sc5c4=O)cc3)C2)C1. The van der Waals surface area contributed by atoms with Gasteiger partial charge in [-0.05, 0) is 74.5 Å². The lowest BCUT2D eigenvalue weighted by Crippen LogP contribution is -2.29. The molecule has 6 rings (SSSR count). The summed E-state index contributed by atoms with van der Waals surface area (Å²) in [6.07, 6.45) is 4.18. The summed E-state index contributed by atoms with van der Waals surface area (Å²) in [4.78, 5) is 23.8. The smallest absolute Gasteiger partial charge is 0.275 e. The zero-order chi connectivity index (χ0) is 22.6. The van der Waals surface area contributed by atoms with Gasteiger partial charge in [0.15, 0.2) is 0 Å². The molecule has 1 unspecified atom stereocenters. The number of rotatable bonds is 3. The van der Waals surface area contributed by atoms with Crippen molar-refractivity contribution in [3.8, 4) is 16.1 Å². The lowest BCUT2D eigenvalue weighted by molar-refractivity contribution is 0.312. The van der Waals surface area contributed by atoms with E-state index < -0.39 is 0 Å². The van der Waals surface area contributed by atoms with Gasteiger partial charge in [-0.3, -0.25) is 9.36 Å². The van der Waals surface area contributed by atoms with Crippen LogP contribution in [0, 0.1) is 5.41 Å². The summed E-state index contributed by atoms with van der Waals surface area (Å²) in [6, 6.07) is 18.0. The van der Waals surface area contributed by atoms with Gasteiger partial charge in [0, 0.05) is 40.6 Å². The normalized spacial score (nSPS) is 21.0. The van der Waals surface area contributed by atoms with E-state index in [1.165, 1.54) is 43.0 Å². The summed E-state index contributed by atoms with van der Waals surface area (Å²) in [7, 11) is 2.22. The number of fused-ring (bicyclic) bond motifs is 1. The van der Waals surface area contributed by atoms with Gasteiger partial charge < -0.3 is 9.80 Å². The molecular weight excluding hydrogens is 452 g/mol. The Labute approximate surface area is 201 Å². The predicted molar refractivity (Wildman–Crippen MR) is 137 cm³/mol. The van der Waals surface area contributed by atoms with Crippen molar-refractivity contribution < 1.29 is 0 Å². The maximum Gasteiger partial charge on any atom is 0.275 e. The molecule has 2 aliphatic heterocycles. The first-order valence-corrected chi connectivity index (χ1v) is 12.5. The third-order valence-electron chi connectivity index (χ3n) is 7.13. The van der Waals surface area contributed by atoms with Crippen molar-refractivity contribution in [2.75, 3.05) is 38.1 Å². The average Bonchev–Trinajstić information content (AvgIpc) is 3.54. The molecule has 1 atom stereocenters. The molecule has 2 aromatic carbocycles. The predicted octanol–water partition coefficient (Wildman–Crippen LogP) is 5.30. The monoisotopic (exact) mass is 476 g/mol. The number of hydrogen-bond donors (Lipinski definition) is 0. The van der Waals surface area contributed by atoms with Crippen molar-refractivity contribution in [3.63, 3.8) is 0 Å². The quantitative estimate of drug-likeness (QED) is 0.402. The molecule has 2 saturated heterocycles. The van der Waals surface area contributed by atoms with E-state index >= 15 is 0 Å². The molecule has 2 fully saturated rings. The van der Waals surface area contributed by atoms with Crippen LogP contribution in [0.4, 0.5) is 5.69 Å². The van der Waals surface area contributed by atoms with Gasteiger partial charge in [0.1, 0.15) is 11.0 Å². The second-order valence-corrected chi connectivity index (χ2v) is 10.9. The van der Waals surface area contributed by atoms with E-state index in [4.69, 9.17) is 11.6 Å². The van der Waals surface area contributed by atoms with Crippen LogP contribution < -0.4 is 10.5 Å². The minimum absolute atomic E-state index is 0.0351. The number of aromatic nitrogens is 2. The molecule has 0 bridgehead atoms. The van der Waals surface area contributed by atoms with Crippen molar-refractivity contribution >= 4 is 38.8 Å². The molecular formula is C26H25ClN4OS. The summed E-state index contributed by atoms with van der Waals surface area (Å²) >= 11 is 7.49. The highest BCUT2D eigenvalue weighted by Crippen LogP contribution is 2.40. The topological polar surface area (TPSA) is 41.4 Å². The first kappa shape index (κ1) is 20.9. The van der Waals surface area contributed by atoms with Gasteiger partial charge in [-0.1, -0.05) is 23.7 Å². The summed E-state index contributed by atoms with van der Waals surface area (Å²) in [5.41, 5.74) is 4.25. The van der Waals surface area contributed by atoms with Crippen LogP contribution in [-0.4, -0.2) is 47.7 Å². The number of thiophene rings is 1. The Morgan fingerprint density at radius 1 is 0.970 bits per heavy atom. The van der Waals surface area contributed by atoms with Gasteiger partial charge in [-0.15, -0.1) is 11.3 Å². The summed E-state index contributed by atoms with van der Waals surface area (Å²) in [5, 5.41) is 0.698. The van der Waals surface area contributed by atoms with Gasteiger partial charge in [-0.25, -0.2) is 4.98 Å². The Hall–Kier alpha value is -2.67. The van der Waals surface area contributed by atoms with Crippen LogP contribution in [0.3, 0.4) is 0 Å². The molecule has 0 N–H and O–H groups in total. The highest BCUT2D eigenvalue weighted by Gasteiger charge is 2.42. The maximum atomic E-state index is 13.3. The van der Waals surface area contributed by atoms with Crippen LogP contribution in [0.5, 0.6) is 0 Å². The van der Waals surface area contributed by atoms with E-state index in [0.717, 1.165) is 34.7 Å². The van der Waals surface area contributed by atoms with Crippen LogP contribution >= 0.6 is 22.9 Å². The van der Waals surface area contributed by atoms with E-state index in [1.807, 2.05) is 42.5 Å². The lowest BCUT2D eigenvalue weighted by atomic mass is 9.86. The summed E-state index contributed by atoms with van der Waals surface area (Å²) in [5.74, 6) is 0. The zero-order valence-corrected chi connectivity index (χ0v) is 20.1. The fourth-order valence-corrected chi connectivity index (χ4v) is 6.50. The molecule has 168 valence electrons. The van der Waals surface area contributed by atoms with Gasteiger partial charge in [0.05, 0.1) is 11.2 Å². The van der Waals surface area contributed by atoms with Crippen molar-refractivity contribution in [1.82, 2.24) is 14.5 Å². The zero-order valence-electron chi connectivity index (χ0n) is 18.5. The Balaban J connectivity index is 1.27. The van der Waals surface area contributed by atoms with E-state index in [0.29, 0.717) is 15.1 Å². The second-order valence-electron chi connectivity index (χ2n) is 9.43. The molecule has 0 amide bonds. The molecule has 33 heavy (non-hydrogen) atoms. The first-order valence-electron chi connectivity index (χ1n) is 11.3. The first-order chi connectivity index (χ1) is 16.0. The molecule has 4 aromatic rings. The number of halogens is 1. The number of anilines is 1. The standard InChI is InChI=1S/C26H25ClN4OS/c1-29-12-10-26(15-29)11-13-30(16-26)20-6-8-21(9-7-20)31-17-28-22-14-23(33-24(22)25(31)32)18-2-4-19(27)5-3-18/h2-9,14,17H,10-13,15-16H2,1H3. The third-order valence-corrected chi connectivity index (χ3v) is 8.54. The van der Waals surface area contributed by atoms with E-state index in [2.05, 4.69) is 34.0 Å². The highest BCUT2D eigenvalue weighted by molar-refractivity contribution is 7.22. The molecule has 0 saturated carbocycles. The van der Waals surface area contributed by atoms with Crippen molar-refractivity contribution in [2.45, 2.75) is 12.8 Å². The maximum absolute atomic E-state index is 13.3. The van der Waals surface area contributed by atoms with Crippen LogP contribution in [0.2, 0.25) is 5.02 Å². The number of hydrogen-bond acceptors (Lipinski definition) is 5. The highest BCUT2D eigenvalue weighted by atomic mass is 35.5. The Morgan fingerprint density at radius 3 is 2.42 bits per heavy atom. The molecule has 0 aliphatic carbocycles. The number of nitrogens with zero attached hydrogens (tertiary/aromatic N) is 4. The average molecular weight is 477 g/mol. The Morgan fingerprint density at radius 2 is 1.70 bits per heavy atom. The van der Waals surface area contributed by atoms with Gasteiger partial charge in [-0.2, -0.15) is 0 Å². The van der Waals surface area contributed by atoms with Gasteiger partial charge in [0.2, 0.25) is 0 Å².